The summed E-state index contributed by atoms with van der Waals surface area (Å²) in [6.07, 6.45) is 0. The van der Waals surface area contributed by atoms with Gasteiger partial charge in [0.2, 0.25) is 0 Å². The van der Waals surface area contributed by atoms with E-state index < -0.39 is 0 Å². The van der Waals surface area contributed by atoms with Gasteiger partial charge in [-0.25, -0.2) is 0 Å². The molecule has 0 amide bonds. The fraction of sp³-hybridized carbons (Fsp3) is 0.571. The second-order valence-corrected chi connectivity index (χ2v) is 3.97. The van der Waals surface area contributed by atoms with E-state index in [4.69, 9.17) is 18.9 Å². The molecule has 0 aliphatic carbocycles. The molecule has 0 aliphatic rings. The summed E-state index contributed by atoms with van der Waals surface area (Å²) in [6, 6.07) is 7.60. The summed E-state index contributed by atoms with van der Waals surface area (Å²) in [5.41, 5.74) is 0. The highest BCUT2D eigenvalue weighted by Crippen LogP contribution is 2.25. The van der Waals surface area contributed by atoms with Crippen molar-refractivity contribution < 1.29 is 24.3 Å². The first-order chi connectivity index (χ1) is 9.38. The van der Waals surface area contributed by atoms with E-state index in [9.17, 15) is 0 Å². The monoisotopic (exact) mass is 270 g/mol. The van der Waals surface area contributed by atoms with E-state index in [1.54, 1.807) is 14.2 Å². The lowest BCUT2D eigenvalue weighted by atomic mass is 10.3. The minimum atomic E-state index is 0.526. The zero-order valence-corrected chi connectivity index (χ0v) is 11.8. The van der Waals surface area contributed by atoms with Crippen molar-refractivity contribution in [3.63, 3.8) is 0 Å². The highest BCUT2D eigenvalue weighted by atomic mass is 16.5. The molecule has 2 N–H and O–H groups in total. The van der Waals surface area contributed by atoms with Crippen molar-refractivity contribution in [3.05, 3.63) is 24.3 Å². The Morgan fingerprint density at radius 1 is 0.895 bits per heavy atom. The van der Waals surface area contributed by atoms with Crippen LogP contribution in [0.4, 0.5) is 0 Å². The van der Waals surface area contributed by atoms with E-state index in [0.717, 1.165) is 37.8 Å². The maximum absolute atomic E-state index is 5.59. The van der Waals surface area contributed by atoms with E-state index in [-0.39, 0.29) is 0 Å². The molecular weight excluding hydrogens is 246 g/mol. The van der Waals surface area contributed by atoms with Crippen molar-refractivity contribution in [2.24, 2.45) is 0 Å². The average molecular weight is 270 g/mol. The summed E-state index contributed by atoms with van der Waals surface area (Å²) in [5.74, 6) is 1.50. The van der Waals surface area contributed by atoms with Gasteiger partial charge in [0, 0.05) is 7.11 Å². The van der Waals surface area contributed by atoms with Crippen molar-refractivity contribution in [1.29, 1.82) is 0 Å². The fourth-order valence-electron chi connectivity index (χ4n) is 1.56. The second-order valence-electron chi connectivity index (χ2n) is 3.97. The van der Waals surface area contributed by atoms with Gasteiger partial charge in [-0.15, -0.1) is 0 Å². The van der Waals surface area contributed by atoms with Gasteiger partial charge in [-0.05, 0) is 12.1 Å². The van der Waals surface area contributed by atoms with Gasteiger partial charge >= 0.3 is 0 Å². The van der Waals surface area contributed by atoms with Crippen LogP contribution in [0.3, 0.4) is 0 Å². The van der Waals surface area contributed by atoms with Gasteiger partial charge in [0.25, 0.3) is 0 Å². The normalized spacial score (nSPS) is 10.4. The minimum Gasteiger partial charge on any atom is -0.493 e. The first-order valence-corrected chi connectivity index (χ1v) is 6.52. The van der Waals surface area contributed by atoms with Crippen LogP contribution in [0.25, 0.3) is 0 Å². The average Bonchev–Trinajstić information content (AvgIpc) is 2.46. The lowest BCUT2D eigenvalue weighted by molar-refractivity contribution is -0.657. The van der Waals surface area contributed by atoms with Crippen molar-refractivity contribution in [2.75, 3.05) is 53.7 Å². The molecule has 0 saturated heterocycles. The van der Waals surface area contributed by atoms with E-state index in [1.165, 1.54) is 0 Å². The number of benzene rings is 1. The van der Waals surface area contributed by atoms with E-state index in [2.05, 4.69) is 5.32 Å². The number of hydrogen-bond donors (Lipinski definition) is 1. The summed E-state index contributed by atoms with van der Waals surface area (Å²) in [4.78, 5) is 0. The molecular formula is C14H24NO4+. The Balaban J connectivity index is 2.01. The van der Waals surface area contributed by atoms with Gasteiger partial charge in [0.1, 0.15) is 6.61 Å². The number of nitrogens with two attached hydrogens (primary N) is 1. The molecule has 0 radical (unpaired) electrons. The van der Waals surface area contributed by atoms with Gasteiger partial charge in [-0.2, -0.15) is 0 Å². The Morgan fingerprint density at radius 2 is 1.63 bits per heavy atom. The number of ether oxygens (including phenoxy) is 4. The van der Waals surface area contributed by atoms with E-state index >= 15 is 0 Å². The van der Waals surface area contributed by atoms with Gasteiger partial charge in [0.15, 0.2) is 11.5 Å². The lowest BCUT2D eigenvalue weighted by Crippen LogP contribution is -2.86. The molecule has 5 heteroatoms. The van der Waals surface area contributed by atoms with Crippen LogP contribution in [0.15, 0.2) is 24.3 Å². The number of quaternary nitrogens is 1. The van der Waals surface area contributed by atoms with Crippen molar-refractivity contribution >= 4 is 0 Å². The molecule has 0 saturated carbocycles. The summed E-state index contributed by atoms with van der Waals surface area (Å²) >= 11 is 0. The molecule has 0 atom stereocenters. The maximum atomic E-state index is 5.59. The Labute approximate surface area is 114 Å². The molecule has 1 rings (SSSR count). The summed E-state index contributed by atoms with van der Waals surface area (Å²) in [5, 5.41) is 2.17. The third kappa shape index (κ3) is 7.00. The molecule has 0 aliphatic heterocycles. The second kappa shape index (κ2) is 10.6. The van der Waals surface area contributed by atoms with Crippen LogP contribution in [-0.4, -0.2) is 53.7 Å². The first kappa shape index (κ1) is 15.8. The number of para-hydroxylation sites is 2. The number of rotatable bonds is 11. The Morgan fingerprint density at radius 3 is 2.37 bits per heavy atom. The molecule has 19 heavy (non-hydrogen) atoms. The van der Waals surface area contributed by atoms with Gasteiger partial charge < -0.3 is 24.3 Å². The summed E-state index contributed by atoms with van der Waals surface area (Å²) < 4.78 is 21.2. The van der Waals surface area contributed by atoms with Crippen LogP contribution < -0.4 is 14.8 Å². The summed E-state index contributed by atoms with van der Waals surface area (Å²) in [7, 11) is 3.34. The van der Waals surface area contributed by atoms with Crippen LogP contribution >= 0.6 is 0 Å². The topological polar surface area (TPSA) is 53.5 Å². The highest BCUT2D eigenvalue weighted by molar-refractivity contribution is 5.39. The largest absolute Gasteiger partial charge is 0.493 e. The molecule has 0 aromatic heterocycles. The van der Waals surface area contributed by atoms with Crippen LogP contribution in [0.5, 0.6) is 11.5 Å². The maximum Gasteiger partial charge on any atom is 0.161 e. The minimum absolute atomic E-state index is 0.526. The van der Waals surface area contributed by atoms with Crippen LogP contribution in [-0.2, 0) is 9.47 Å². The zero-order valence-electron chi connectivity index (χ0n) is 11.8. The van der Waals surface area contributed by atoms with Crippen LogP contribution in [0.1, 0.15) is 0 Å². The Bertz CT molecular complexity index is 333. The molecule has 0 heterocycles. The number of hydrogen-bond acceptors (Lipinski definition) is 4. The lowest BCUT2D eigenvalue weighted by Gasteiger charge is -2.10. The van der Waals surface area contributed by atoms with Crippen molar-refractivity contribution in [2.45, 2.75) is 0 Å². The smallest absolute Gasteiger partial charge is 0.161 e. The molecule has 108 valence electrons. The van der Waals surface area contributed by atoms with E-state index in [0.29, 0.717) is 13.2 Å². The van der Waals surface area contributed by atoms with Gasteiger partial charge in [-0.3, -0.25) is 0 Å². The summed E-state index contributed by atoms with van der Waals surface area (Å²) in [6.45, 7) is 4.51. The molecule has 0 spiro atoms. The van der Waals surface area contributed by atoms with Crippen molar-refractivity contribution in [3.8, 4) is 11.5 Å². The predicted octanol–water partition coefficient (Wildman–Crippen LogP) is 0.300. The number of methoxy groups -OCH3 is 2. The molecule has 5 nitrogen and oxygen atoms in total. The Kier molecular flexibility index (Phi) is 8.80. The molecule has 0 fully saturated rings. The van der Waals surface area contributed by atoms with E-state index in [1.807, 2.05) is 24.3 Å². The fourth-order valence-corrected chi connectivity index (χ4v) is 1.56. The van der Waals surface area contributed by atoms with Gasteiger partial charge in [-0.1, -0.05) is 12.1 Å². The first-order valence-electron chi connectivity index (χ1n) is 6.52. The molecule has 1 aromatic rings. The van der Waals surface area contributed by atoms with Gasteiger partial charge in [0.05, 0.1) is 40.0 Å². The van der Waals surface area contributed by atoms with Crippen LogP contribution in [0.2, 0.25) is 0 Å². The SMILES string of the molecule is COCC[NH2+]CCOCCOc1ccccc1OC. The molecule has 0 unspecified atom stereocenters. The molecule has 0 bridgehead atoms. The third-order valence-electron chi connectivity index (χ3n) is 2.55. The third-order valence-corrected chi connectivity index (χ3v) is 2.55. The molecule has 1 aromatic carbocycles. The predicted molar refractivity (Wildman–Crippen MR) is 72.8 cm³/mol. The Hall–Kier alpha value is -1.30. The highest BCUT2D eigenvalue weighted by Gasteiger charge is 2.01. The quantitative estimate of drug-likeness (QED) is 0.588. The standard InChI is InChI=1S/C14H23NO4/c1-16-9-7-15-8-10-18-11-12-19-14-6-4-3-5-13(14)17-2/h3-6,15H,7-12H2,1-2H3/p+1. The van der Waals surface area contributed by atoms with Crippen molar-refractivity contribution in [1.82, 2.24) is 0 Å². The zero-order chi connectivity index (χ0) is 13.8. The van der Waals surface area contributed by atoms with Crippen LogP contribution in [0, 0.1) is 0 Å².